The zero-order valence-electron chi connectivity index (χ0n) is 10.7. The van der Waals surface area contributed by atoms with Crippen LogP contribution in [0.5, 0.6) is 0 Å². The summed E-state index contributed by atoms with van der Waals surface area (Å²) in [5.41, 5.74) is 1.22. The fourth-order valence-electron chi connectivity index (χ4n) is 2.45. The van der Waals surface area contributed by atoms with Gasteiger partial charge in [-0.2, -0.15) is 4.37 Å². The Labute approximate surface area is 116 Å². The van der Waals surface area contributed by atoms with Crippen molar-refractivity contribution < 1.29 is 5.11 Å². The first-order valence-corrected chi connectivity index (χ1v) is 7.12. The molecule has 0 unspecified atom stereocenters. The number of aliphatic hydroxyl groups excluding tert-OH is 1. The molecule has 2 aromatic rings. The third-order valence-electron chi connectivity index (χ3n) is 3.44. The van der Waals surface area contributed by atoms with Crippen molar-refractivity contribution in [3.05, 3.63) is 35.9 Å². The molecule has 0 saturated carbocycles. The lowest BCUT2D eigenvalue weighted by atomic mass is 9.97. The number of hydrogen-bond acceptors (Lipinski definition) is 6. The van der Waals surface area contributed by atoms with Crippen LogP contribution in [0.2, 0.25) is 0 Å². The van der Waals surface area contributed by atoms with Gasteiger partial charge in [0.25, 0.3) is 0 Å². The number of β-amino-alcohol motifs (C(OH)–C–C–N with tert-alkyl or cyclic N) is 1. The van der Waals surface area contributed by atoms with E-state index < -0.39 is 0 Å². The first kappa shape index (κ1) is 12.5. The van der Waals surface area contributed by atoms with Crippen molar-refractivity contribution in [2.45, 2.75) is 19.4 Å². The summed E-state index contributed by atoms with van der Waals surface area (Å²) in [4.78, 5) is 10.5. The largest absolute Gasteiger partial charge is 0.391 e. The van der Waals surface area contributed by atoms with Gasteiger partial charge in [-0.1, -0.05) is 0 Å². The molecule has 0 aromatic carbocycles. The molecule has 0 radical (unpaired) electrons. The van der Waals surface area contributed by atoms with Gasteiger partial charge in [-0.15, -0.1) is 0 Å². The lowest BCUT2D eigenvalue weighted by Gasteiger charge is -2.14. The maximum atomic E-state index is 10.2. The van der Waals surface area contributed by atoms with Gasteiger partial charge in [0.2, 0.25) is 5.13 Å². The molecule has 1 saturated heterocycles. The van der Waals surface area contributed by atoms with Gasteiger partial charge in [-0.25, -0.2) is 4.98 Å². The van der Waals surface area contributed by atoms with E-state index in [1.165, 1.54) is 17.1 Å². The van der Waals surface area contributed by atoms with Crippen LogP contribution in [0.15, 0.2) is 24.5 Å². The molecule has 1 aliphatic rings. The van der Waals surface area contributed by atoms with Crippen molar-refractivity contribution in [3.63, 3.8) is 0 Å². The Morgan fingerprint density at radius 3 is 2.84 bits per heavy atom. The van der Waals surface area contributed by atoms with Crippen molar-refractivity contribution >= 4 is 16.7 Å². The number of aryl methyl sites for hydroxylation is 1. The molecular weight excluding hydrogens is 260 g/mol. The van der Waals surface area contributed by atoms with Gasteiger partial charge in [0, 0.05) is 42.9 Å². The van der Waals surface area contributed by atoms with E-state index >= 15 is 0 Å². The molecule has 2 atom stereocenters. The molecule has 3 rings (SSSR count). The highest BCUT2D eigenvalue weighted by Crippen LogP contribution is 2.27. The Hall–Kier alpha value is -1.53. The van der Waals surface area contributed by atoms with E-state index in [4.69, 9.17) is 0 Å². The molecule has 0 bridgehead atoms. The monoisotopic (exact) mass is 276 g/mol. The van der Waals surface area contributed by atoms with Crippen LogP contribution in [0.3, 0.4) is 0 Å². The predicted molar refractivity (Wildman–Crippen MR) is 74.3 cm³/mol. The summed E-state index contributed by atoms with van der Waals surface area (Å²) in [6, 6.07) is 4.01. The third-order valence-corrected chi connectivity index (χ3v) is 4.31. The van der Waals surface area contributed by atoms with Gasteiger partial charge >= 0.3 is 0 Å². The van der Waals surface area contributed by atoms with Crippen LogP contribution in [-0.2, 0) is 6.42 Å². The summed E-state index contributed by atoms with van der Waals surface area (Å²) >= 11 is 1.40. The molecule has 0 amide bonds. The number of hydrogen-bond donors (Lipinski definition) is 1. The second-order valence-electron chi connectivity index (χ2n) is 4.92. The van der Waals surface area contributed by atoms with Gasteiger partial charge in [-0.05, 0) is 31.0 Å². The van der Waals surface area contributed by atoms with Gasteiger partial charge in [0.05, 0.1) is 6.10 Å². The lowest BCUT2D eigenvalue weighted by Crippen LogP contribution is -2.20. The Balaban J connectivity index is 1.68. The summed E-state index contributed by atoms with van der Waals surface area (Å²) < 4.78 is 4.19. The molecule has 1 fully saturated rings. The summed E-state index contributed by atoms with van der Waals surface area (Å²) in [5, 5.41) is 11.1. The first-order valence-electron chi connectivity index (χ1n) is 6.34. The van der Waals surface area contributed by atoms with E-state index in [2.05, 4.69) is 19.2 Å². The Kier molecular flexibility index (Phi) is 3.44. The van der Waals surface area contributed by atoms with Gasteiger partial charge < -0.3 is 10.0 Å². The van der Waals surface area contributed by atoms with Crippen molar-refractivity contribution in [1.82, 2.24) is 14.3 Å². The average molecular weight is 276 g/mol. The summed E-state index contributed by atoms with van der Waals surface area (Å²) in [7, 11) is 0. The van der Waals surface area contributed by atoms with E-state index in [1.54, 1.807) is 12.4 Å². The normalized spacial score (nSPS) is 22.9. The minimum atomic E-state index is -0.308. The minimum absolute atomic E-state index is 0.242. The average Bonchev–Trinajstić information content (AvgIpc) is 2.98. The highest BCUT2D eigenvalue weighted by Gasteiger charge is 2.32. The first-order chi connectivity index (χ1) is 9.22. The summed E-state index contributed by atoms with van der Waals surface area (Å²) in [5.74, 6) is 1.04. The molecule has 0 spiro atoms. The Morgan fingerprint density at radius 2 is 2.16 bits per heavy atom. The van der Waals surface area contributed by atoms with Crippen LogP contribution in [-0.4, -0.2) is 38.6 Å². The highest BCUT2D eigenvalue weighted by molar-refractivity contribution is 7.09. The molecular formula is C13H16N4OS. The van der Waals surface area contributed by atoms with Gasteiger partial charge in [0.1, 0.15) is 5.82 Å². The van der Waals surface area contributed by atoms with Crippen molar-refractivity contribution in [1.29, 1.82) is 0 Å². The van der Waals surface area contributed by atoms with Crippen molar-refractivity contribution in [2.24, 2.45) is 5.92 Å². The van der Waals surface area contributed by atoms with Crippen LogP contribution in [0.4, 0.5) is 5.13 Å². The fraction of sp³-hybridized carbons (Fsp3) is 0.462. The number of pyridine rings is 1. The van der Waals surface area contributed by atoms with Crippen LogP contribution in [0, 0.1) is 12.8 Å². The van der Waals surface area contributed by atoms with Crippen molar-refractivity contribution in [3.8, 4) is 0 Å². The molecule has 100 valence electrons. The number of aromatic nitrogens is 3. The van der Waals surface area contributed by atoms with E-state index in [9.17, 15) is 5.11 Å². The fourth-order valence-corrected chi connectivity index (χ4v) is 3.14. The number of aliphatic hydroxyl groups is 1. The van der Waals surface area contributed by atoms with Crippen LogP contribution in [0.25, 0.3) is 0 Å². The number of rotatable bonds is 3. The highest BCUT2D eigenvalue weighted by atomic mass is 32.1. The van der Waals surface area contributed by atoms with E-state index in [0.717, 1.165) is 23.9 Å². The maximum Gasteiger partial charge on any atom is 0.205 e. The molecule has 1 aliphatic heterocycles. The smallest absolute Gasteiger partial charge is 0.205 e. The Morgan fingerprint density at radius 1 is 1.37 bits per heavy atom. The number of nitrogens with zero attached hydrogens (tertiary/aromatic N) is 4. The third kappa shape index (κ3) is 2.74. The second kappa shape index (κ2) is 5.22. The second-order valence-corrected chi connectivity index (χ2v) is 5.65. The summed E-state index contributed by atoms with van der Waals surface area (Å²) in [6.45, 7) is 3.36. The van der Waals surface area contributed by atoms with Crippen LogP contribution in [0.1, 0.15) is 11.4 Å². The van der Waals surface area contributed by atoms with Crippen molar-refractivity contribution in [2.75, 3.05) is 18.0 Å². The zero-order chi connectivity index (χ0) is 13.2. The number of anilines is 1. The molecule has 1 N–H and O–H groups in total. The van der Waals surface area contributed by atoms with Crippen LogP contribution < -0.4 is 4.90 Å². The molecule has 0 aliphatic carbocycles. The molecule has 2 aromatic heterocycles. The van der Waals surface area contributed by atoms with E-state index in [0.29, 0.717) is 6.54 Å². The topological polar surface area (TPSA) is 62.1 Å². The SMILES string of the molecule is Cc1nsc(N2C[C@@H](Cc3ccncc3)[C@@H](O)C2)n1. The molecule has 6 heteroatoms. The van der Waals surface area contributed by atoms with Crippen LogP contribution >= 0.6 is 11.5 Å². The summed E-state index contributed by atoms with van der Waals surface area (Å²) in [6.07, 6.45) is 4.15. The lowest BCUT2D eigenvalue weighted by molar-refractivity contribution is 0.148. The van der Waals surface area contributed by atoms with E-state index in [1.807, 2.05) is 19.1 Å². The Bertz CT molecular complexity index is 545. The molecule has 19 heavy (non-hydrogen) atoms. The predicted octanol–water partition coefficient (Wildman–Crippen LogP) is 1.28. The zero-order valence-corrected chi connectivity index (χ0v) is 11.5. The van der Waals surface area contributed by atoms with Gasteiger partial charge in [-0.3, -0.25) is 4.98 Å². The minimum Gasteiger partial charge on any atom is -0.391 e. The standard InChI is InChI=1S/C13H16N4OS/c1-9-15-13(19-16-9)17-7-11(12(18)8-17)6-10-2-4-14-5-3-10/h2-5,11-12,18H,6-8H2,1H3/t11-,12+/m1/s1. The van der Waals surface area contributed by atoms with Gasteiger partial charge in [0.15, 0.2) is 0 Å². The quantitative estimate of drug-likeness (QED) is 0.915. The van der Waals surface area contributed by atoms with E-state index in [-0.39, 0.29) is 12.0 Å². The maximum absolute atomic E-state index is 10.2. The molecule has 3 heterocycles. The molecule has 5 nitrogen and oxygen atoms in total.